The second-order valence-electron chi connectivity index (χ2n) is 4.44. The summed E-state index contributed by atoms with van der Waals surface area (Å²) >= 11 is 6.07. The first-order valence-corrected chi connectivity index (χ1v) is 6.98. The maximum absolute atomic E-state index is 11.9. The summed E-state index contributed by atoms with van der Waals surface area (Å²) in [4.78, 5) is 16.0. The molecule has 0 fully saturated rings. The summed E-state index contributed by atoms with van der Waals surface area (Å²) in [5.74, 6) is 0. The SMILES string of the molecule is CCCn1ncc(NCCc2cccnc2)c(Cl)c1=O. The molecule has 0 radical (unpaired) electrons. The fourth-order valence-electron chi connectivity index (χ4n) is 1.85. The molecule has 20 heavy (non-hydrogen) atoms. The highest BCUT2D eigenvalue weighted by atomic mass is 35.5. The summed E-state index contributed by atoms with van der Waals surface area (Å²) in [6, 6.07) is 3.91. The number of aryl methyl sites for hydroxylation is 1. The number of aromatic nitrogens is 3. The van der Waals surface area contributed by atoms with Gasteiger partial charge >= 0.3 is 0 Å². The quantitative estimate of drug-likeness (QED) is 0.888. The van der Waals surface area contributed by atoms with E-state index in [2.05, 4.69) is 15.4 Å². The first-order valence-electron chi connectivity index (χ1n) is 6.60. The lowest BCUT2D eigenvalue weighted by Crippen LogP contribution is -2.24. The summed E-state index contributed by atoms with van der Waals surface area (Å²) in [6.07, 6.45) is 6.81. The van der Waals surface area contributed by atoms with Crippen molar-refractivity contribution in [3.63, 3.8) is 0 Å². The molecule has 0 atom stereocenters. The Morgan fingerprint density at radius 3 is 2.95 bits per heavy atom. The minimum absolute atomic E-state index is 0.194. The number of nitrogens with one attached hydrogen (secondary N) is 1. The third-order valence-corrected chi connectivity index (χ3v) is 3.24. The van der Waals surface area contributed by atoms with E-state index < -0.39 is 0 Å². The highest BCUT2D eigenvalue weighted by Crippen LogP contribution is 2.15. The zero-order valence-corrected chi connectivity index (χ0v) is 12.1. The van der Waals surface area contributed by atoms with E-state index in [4.69, 9.17) is 11.6 Å². The lowest BCUT2D eigenvalue weighted by molar-refractivity contribution is 0.568. The molecule has 0 aliphatic heterocycles. The highest BCUT2D eigenvalue weighted by Gasteiger charge is 2.08. The summed E-state index contributed by atoms with van der Waals surface area (Å²) in [5.41, 5.74) is 1.45. The van der Waals surface area contributed by atoms with Crippen molar-refractivity contribution in [1.29, 1.82) is 0 Å². The summed E-state index contributed by atoms with van der Waals surface area (Å²) in [6.45, 7) is 3.24. The Morgan fingerprint density at radius 1 is 1.40 bits per heavy atom. The van der Waals surface area contributed by atoms with Gasteiger partial charge in [-0.2, -0.15) is 5.10 Å². The van der Waals surface area contributed by atoms with Crippen molar-refractivity contribution in [3.8, 4) is 0 Å². The van der Waals surface area contributed by atoms with Gasteiger partial charge < -0.3 is 5.32 Å². The number of anilines is 1. The Labute approximate surface area is 122 Å². The molecule has 0 saturated carbocycles. The molecule has 0 amide bonds. The Bertz CT molecular complexity index is 612. The number of halogens is 1. The van der Waals surface area contributed by atoms with Gasteiger partial charge in [-0.1, -0.05) is 24.6 Å². The molecular formula is C14H17ClN4O. The van der Waals surface area contributed by atoms with Gasteiger partial charge in [-0.25, -0.2) is 4.68 Å². The predicted molar refractivity (Wildman–Crippen MR) is 80.2 cm³/mol. The Balaban J connectivity index is 2.00. The Kier molecular flexibility index (Phi) is 5.12. The second kappa shape index (κ2) is 7.05. The Morgan fingerprint density at radius 2 is 2.25 bits per heavy atom. The van der Waals surface area contributed by atoms with Crippen LogP contribution in [0.3, 0.4) is 0 Å². The lowest BCUT2D eigenvalue weighted by atomic mass is 10.2. The van der Waals surface area contributed by atoms with Crippen LogP contribution in [-0.2, 0) is 13.0 Å². The van der Waals surface area contributed by atoms with Crippen LogP contribution in [0.1, 0.15) is 18.9 Å². The third-order valence-electron chi connectivity index (χ3n) is 2.87. The molecule has 2 aromatic heterocycles. The molecule has 6 heteroatoms. The van der Waals surface area contributed by atoms with Crippen molar-refractivity contribution < 1.29 is 0 Å². The normalized spacial score (nSPS) is 10.5. The number of hydrogen-bond acceptors (Lipinski definition) is 4. The van der Waals surface area contributed by atoms with E-state index in [0.717, 1.165) is 18.4 Å². The largest absolute Gasteiger partial charge is 0.382 e. The van der Waals surface area contributed by atoms with Gasteiger partial charge in [0, 0.05) is 25.5 Å². The Hall–Kier alpha value is -1.88. The van der Waals surface area contributed by atoms with Crippen LogP contribution in [0.4, 0.5) is 5.69 Å². The minimum atomic E-state index is -0.250. The van der Waals surface area contributed by atoms with Crippen molar-refractivity contribution in [2.75, 3.05) is 11.9 Å². The molecule has 5 nitrogen and oxygen atoms in total. The van der Waals surface area contributed by atoms with Crippen LogP contribution in [0.2, 0.25) is 5.02 Å². The van der Waals surface area contributed by atoms with Crippen LogP contribution < -0.4 is 10.9 Å². The average molecular weight is 293 g/mol. The van der Waals surface area contributed by atoms with Crippen LogP contribution in [0, 0.1) is 0 Å². The monoisotopic (exact) mass is 292 g/mol. The van der Waals surface area contributed by atoms with Gasteiger partial charge in [0.2, 0.25) is 0 Å². The van der Waals surface area contributed by atoms with E-state index in [1.165, 1.54) is 4.68 Å². The fourth-order valence-corrected chi connectivity index (χ4v) is 2.06. The van der Waals surface area contributed by atoms with E-state index in [-0.39, 0.29) is 10.6 Å². The second-order valence-corrected chi connectivity index (χ2v) is 4.82. The van der Waals surface area contributed by atoms with Crippen LogP contribution >= 0.6 is 11.6 Å². The van der Waals surface area contributed by atoms with Gasteiger partial charge in [0.1, 0.15) is 5.02 Å². The first kappa shape index (κ1) is 14.5. The van der Waals surface area contributed by atoms with E-state index in [1.807, 2.05) is 25.3 Å². The van der Waals surface area contributed by atoms with Crippen LogP contribution in [0.25, 0.3) is 0 Å². The number of pyridine rings is 1. The number of hydrogen-bond donors (Lipinski definition) is 1. The molecular weight excluding hydrogens is 276 g/mol. The standard InChI is InChI=1S/C14H17ClN4O/c1-2-8-19-14(20)13(15)12(10-18-19)17-7-5-11-4-3-6-16-9-11/h3-4,6,9-10,17H,2,5,7-8H2,1H3. The summed E-state index contributed by atoms with van der Waals surface area (Å²) < 4.78 is 1.38. The smallest absolute Gasteiger partial charge is 0.287 e. The van der Waals surface area contributed by atoms with Gasteiger partial charge in [-0.3, -0.25) is 9.78 Å². The van der Waals surface area contributed by atoms with Crippen molar-refractivity contribution in [1.82, 2.24) is 14.8 Å². The maximum atomic E-state index is 11.9. The van der Waals surface area contributed by atoms with E-state index in [0.29, 0.717) is 18.8 Å². The van der Waals surface area contributed by atoms with Gasteiger partial charge in [0.05, 0.1) is 11.9 Å². The molecule has 0 aliphatic carbocycles. The van der Waals surface area contributed by atoms with E-state index >= 15 is 0 Å². The average Bonchev–Trinajstić information content (AvgIpc) is 2.48. The summed E-state index contributed by atoms with van der Waals surface area (Å²) in [5, 5.41) is 7.43. The zero-order valence-electron chi connectivity index (χ0n) is 11.3. The van der Waals surface area contributed by atoms with E-state index in [9.17, 15) is 4.79 Å². The van der Waals surface area contributed by atoms with Crippen LogP contribution in [-0.4, -0.2) is 21.3 Å². The molecule has 1 N–H and O–H groups in total. The van der Waals surface area contributed by atoms with Crippen molar-refractivity contribution in [3.05, 3.63) is 51.7 Å². The molecule has 2 heterocycles. The minimum Gasteiger partial charge on any atom is -0.382 e. The first-order chi connectivity index (χ1) is 9.72. The molecule has 0 saturated heterocycles. The number of nitrogens with zero attached hydrogens (tertiary/aromatic N) is 3. The topological polar surface area (TPSA) is 59.8 Å². The van der Waals surface area contributed by atoms with E-state index in [1.54, 1.807) is 12.4 Å². The summed E-state index contributed by atoms with van der Waals surface area (Å²) in [7, 11) is 0. The van der Waals surface area contributed by atoms with Crippen molar-refractivity contribution in [2.24, 2.45) is 0 Å². The van der Waals surface area contributed by atoms with Gasteiger partial charge in [-0.05, 0) is 24.5 Å². The molecule has 106 valence electrons. The van der Waals surface area contributed by atoms with Crippen molar-refractivity contribution in [2.45, 2.75) is 26.3 Å². The molecule has 0 spiro atoms. The molecule has 2 rings (SSSR count). The molecule has 0 unspecified atom stereocenters. The molecule has 2 aromatic rings. The van der Waals surface area contributed by atoms with Crippen LogP contribution in [0.5, 0.6) is 0 Å². The fraction of sp³-hybridized carbons (Fsp3) is 0.357. The lowest BCUT2D eigenvalue weighted by Gasteiger charge is -2.09. The predicted octanol–water partition coefficient (Wildman–Crippen LogP) is 2.36. The molecule has 0 bridgehead atoms. The third kappa shape index (κ3) is 3.57. The van der Waals surface area contributed by atoms with Gasteiger partial charge in [-0.15, -0.1) is 0 Å². The van der Waals surface area contributed by atoms with Crippen LogP contribution in [0.15, 0.2) is 35.5 Å². The number of rotatable bonds is 6. The zero-order chi connectivity index (χ0) is 14.4. The van der Waals surface area contributed by atoms with Crippen molar-refractivity contribution >= 4 is 17.3 Å². The maximum Gasteiger partial charge on any atom is 0.287 e. The molecule has 0 aromatic carbocycles. The molecule has 0 aliphatic rings. The highest BCUT2D eigenvalue weighted by molar-refractivity contribution is 6.32. The van der Waals surface area contributed by atoms with Gasteiger partial charge in [0.25, 0.3) is 5.56 Å². The van der Waals surface area contributed by atoms with Gasteiger partial charge in [0.15, 0.2) is 0 Å².